The van der Waals surface area contributed by atoms with Gasteiger partial charge in [-0.15, -0.1) is 0 Å². The smallest absolute Gasteiger partial charge is 0.410 e. The monoisotopic (exact) mass is 1370 g/mol. The quantitative estimate of drug-likeness (QED) is 0.0135. The molecule has 2 aliphatic heterocycles. The first-order chi connectivity index (χ1) is 46.7. The van der Waals surface area contributed by atoms with Gasteiger partial charge in [-0.25, -0.2) is 19.2 Å². The number of aliphatic hydroxyl groups excluding tert-OH is 6. The Morgan fingerprint density at radius 3 is 1.28 bits per heavy atom. The van der Waals surface area contributed by atoms with Crippen LogP contribution in [-0.4, -0.2) is 238 Å². The number of hydrogen-bond donors (Lipinski definition) is 8. The number of amides is 2. The second kappa shape index (κ2) is 43.6. The lowest BCUT2D eigenvalue weighted by Gasteiger charge is -2.41. The first-order valence-electron chi connectivity index (χ1n) is 32.9. The minimum Gasteiger partial charge on any atom is -0.455 e. The number of nitrogens with zero attached hydrogens (tertiary/aromatic N) is 4. The highest BCUT2D eigenvalue weighted by Gasteiger charge is 2.50. The van der Waals surface area contributed by atoms with E-state index in [0.717, 1.165) is 37.3 Å². The number of aliphatic hydroxyl groups is 6. The zero-order valence-corrected chi connectivity index (χ0v) is 57.8. The average molecular weight is 1370 g/mol. The molecule has 4 aromatic carbocycles. The highest BCUT2D eigenvalue weighted by Crippen LogP contribution is 2.28. The Kier molecular flexibility index (Phi) is 36.8. The molecule has 4 aromatic rings. The highest BCUT2D eigenvalue weighted by atomic mass is 16.7. The van der Waals surface area contributed by atoms with Gasteiger partial charge in [-0.3, -0.25) is 14.5 Å². The minimum absolute atomic E-state index is 0.0582. The largest absolute Gasteiger partial charge is 0.455 e. The molecule has 98 heavy (non-hydrogen) atoms. The summed E-state index contributed by atoms with van der Waals surface area (Å²) in [6.07, 6.45) is -13.2. The third-order valence-electron chi connectivity index (χ3n) is 14.8. The SMILES string of the molecule is C=CC(=O)OC1[C@H](O)OC(CO)[C@@H](O)[C@@H]1OC(=O)C=C.CC(C)(C)OC(=O)N(CCNCc1ccccc1)CCNCc1ccccc1.CCCC(=O)O[C@@H]1C(OC(=O)CCN(CCN(CCN(C)Cc2ccccc2)C(=O)OC(C)(C)C)Cc2ccccc2)C(O)OC(CO)[C@H]1O. The van der Waals surface area contributed by atoms with Gasteiger partial charge in [0.1, 0.15) is 35.6 Å². The van der Waals surface area contributed by atoms with Crippen LogP contribution in [0.1, 0.15) is 90.0 Å². The summed E-state index contributed by atoms with van der Waals surface area (Å²) in [4.78, 5) is 81.3. The van der Waals surface area contributed by atoms with Crippen LogP contribution in [0.15, 0.2) is 147 Å². The van der Waals surface area contributed by atoms with E-state index in [2.05, 4.69) is 65.1 Å². The van der Waals surface area contributed by atoms with E-state index in [-0.39, 0.29) is 25.5 Å². The maximum atomic E-state index is 13.3. The summed E-state index contributed by atoms with van der Waals surface area (Å²) in [5.41, 5.74) is 3.46. The Balaban J connectivity index is 0.000000354. The molecule has 0 radical (unpaired) electrons. The number of ether oxygens (including phenoxy) is 8. The number of nitrogens with one attached hydrogen (secondary N) is 2. The molecule has 10 atom stereocenters. The zero-order valence-electron chi connectivity index (χ0n) is 57.8. The molecular formula is C72H104N6O20. The number of hydrogen-bond acceptors (Lipinski definition) is 24. The lowest BCUT2D eigenvalue weighted by Crippen LogP contribution is -2.61. The van der Waals surface area contributed by atoms with Crippen molar-refractivity contribution in [3.63, 3.8) is 0 Å². The average Bonchev–Trinajstić information content (AvgIpc) is 0.809. The molecule has 6 rings (SSSR count). The van der Waals surface area contributed by atoms with Crippen molar-refractivity contribution in [3.8, 4) is 0 Å². The second-order valence-electron chi connectivity index (χ2n) is 25.3. The number of benzene rings is 4. The first kappa shape index (κ1) is 82.7. The summed E-state index contributed by atoms with van der Waals surface area (Å²) >= 11 is 0. The third kappa shape index (κ3) is 31.4. The number of carbonyl (C=O) groups is 6. The number of carbonyl (C=O) groups excluding carboxylic acids is 6. The standard InChI is InChI=1S/C37H55N3O10.C23H33N3O2.C12H16O8/c1-6-13-30(42)48-33-32(44)29(26-41)47-35(45)34(33)49-31(43)18-19-39(25-28-16-11-8-12-17-28)21-23-40(36(46)50-37(2,3)4)22-20-38(5)24-27-14-9-7-10-15-27;1-23(2,3)28-22(27)26(16-14-24-18-20-10-6-4-7-11-20)17-15-25-19-21-12-8-5-9-13-21;1-3-7(14)19-10-9(16)6(5-13)18-12(17)11(10)20-8(15)4-2/h7-12,14-17,29,32-35,41,44-45H,6,13,18-26H2,1-5H3;4-13,24-25H,14-19H2,1-3H3;3-4,6,9-13,16-17H,1-2,5H2/t29?,32-,33+,34?,35?;;6?,9-,10+,11?,12-/m1.1/s1. The first-order valence-corrected chi connectivity index (χ1v) is 32.9. The van der Waals surface area contributed by atoms with Gasteiger partial charge >= 0.3 is 36.1 Å². The summed E-state index contributed by atoms with van der Waals surface area (Å²) in [6, 6.07) is 40.3. The Labute approximate surface area is 576 Å². The summed E-state index contributed by atoms with van der Waals surface area (Å²) < 4.78 is 42.0. The maximum Gasteiger partial charge on any atom is 0.410 e. The number of likely N-dealkylation sites (N-methyl/N-ethyl adjacent to an activating group) is 1. The third-order valence-corrected chi connectivity index (χ3v) is 14.8. The Morgan fingerprint density at radius 2 is 0.857 bits per heavy atom. The molecule has 26 heteroatoms. The summed E-state index contributed by atoms with van der Waals surface area (Å²) in [6.45, 7) is 25.5. The van der Waals surface area contributed by atoms with Crippen LogP contribution in [-0.2, 0) is 83.3 Å². The molecule has 0 saturated carbocycles. The maximum absolute atomic E-state index is 13.3. The summed E-state index contributed by atoms with van der Waals surface area (Å²) in [5, 5.41) is 66.3. The predicted molar refractivity (Wildman–Crippen MR) is 364 cm³/mol. The Hall–Kier alpha value is -7.70. The van der Waals surface area contributed by atoms with Crippen LogP contribution in [0.5, 0.6) is 0 Å². The fourth-order valence-electron chi connectivity index (χ4n) is 9.84. The van der Waals surface area contributed by atoms with E-state index < -0.39 is 116 Å². The van der Waals surface area contributed by atoms with E-state index in [0.29, 0.717) is 65.3 Å². The van der Waals surface area contributed by atoms with Gasteiger partial charge in [-0.05, 0) is 77.3 Å². The van der Waals surface area contributed by atoms with E-state index >= 15 is 0 Å². The molecule has 5 unspecified atom stereocenters. The normalized spacial score (nSPS) is 20.6. The van der Waals surface area contributed by atoms with Gasteiger partial charge < -0.3 is 93.9 Å². The van der Waals surface area contributed by atoms with Crippen LogP contribution >= 0.6 is 0 Å². The molecule has 8 N–H and O–H groups in total. The summed E-state index contributed by atoms with van der Waals surface area (Å²) in [7, 11) is 2.00. The van der Waals surface area contributed by atoms with Gasteiger partial charge in [0.25, 0.3) is 0 Å². The number of esters is 4. The zero-order chi connectivity index (χ0) is 72.2. The molecule has 0 spiro atoms. The van der Waals surface area contributed by atoms with Crippen LogP contribution in [0.25, 0.3) is 0 Å². The van der Waals surface area contributed by atoms with E-state index in [4.69, 9.17) is 43.0 Å². The molecule has 2 heterocycles. The van der Waals surface area contributed by atoms with Crippen molar-refractivity contribution >= 4 is 36.1 Å². The van der Waals surface area contributed by atoms with Gasteiger partial charge in [0.15, 0.2) is 37.0 Å². The molecule has 0 aromatic heterocycles. The van der Waals surface area contributed by atoms with Crippen molar-refractivity contribution in [2.75, 3.05) is 79.2 Å². The van der Waals surface area contributed by atoms with Crippen LogP contribution in [0.2, 0.25) is 0 Å². The van der Waals surface area contributed by atoms with Crippen molar-refractivity contribution in [3.05, 3.63) is 169 Å². The molecule has 2 amide bonds. The van der Waals surface area contributed by atoms with E-state index in [1.165, 1.54) is 16.7 Å². The van der Waals surface area contributed by atoms with Gasteiger partial charge in [0.05, 0.1) is 19.6 Å². The van der Waals surface area contributed by atoms with Crippen LogP contribution in [0, 0.1) is 0 Å². The fourth-order valence-corrected chi connectivity index (χ4v) is 9.84. The predicted octanol–water partition coefficient (Wildman–Crippen LogP) is 5.00. The van der Waals surface area contributed by atoms with E-state index in [9.17, 15) is 54.3 Å². The van der Waals surface area contributed by atoms with Crippen LogP contribution in [0.4, 0.5) is 9.59 Å². The van der Waals surface area contributed by atoms with Gasteiger partial charge in [-0.2, -0.15) is 0 Å². The fraction of sp³-hybridized carbons (Fsp3) is 0.528. The van der Waals surface area contributed by atoms with Gasteiger partial charge in [0, 0.05) is 104 Å². The van der Waals surface area contributed by atoms with E-state index in [1.807, 2.05) is 138 Å². The molecule has 0 bridgehead atoms. The molecule has 542 valence electrons. The molecule has 2 saturated heterocycles. The Bertz CT molecular complexity index is 2930. The summed E-state index contributed by atoms with van der Waals surface area (Å²) in [5.74, 6) is -3.14. The molecule has 2 aliphatic rings. The van der Waals surface area contributed by atoms with E-state index in [1.54, 1.807) is 16.7 Å². The van der Waals surface area contributed by atoms with Gasteiger partial charge in [-0.1, -0.05) is 141 Å². The molecular weight excluding hydrogens is 1270 g/mol. The lowest BCUT2D eigenvalue weighted by atomic mass is 9.98. The van der Waals surface area contributed by atoms with Crippen molar-refractivity contribution in [1.82, 2.24) is 30.2 Å². The van der Waals surface area contributed by atoms with Crippen molar-refractivity contribution < 1.29 is 97.3 Å². The lowest BCUT2D eigenvalue weighted by molar-refractivity contribution is -0.293. The van der Waals surface area contributed by atoms with Crippen molar-refractivity contribution in [2.24, 2.45) is 0 Å². The van der Waals surface area contributed by atoms with Crippen molar-refractivity contribution in [1.29, 1.82) is 0 Å². The molecule has 0 aliphatic carbocycles. The van der Waals surface area contributed by atoms with Gasteiger partial charge in [0.2, 0.25) is 0 Å². The topological polar surface area (TPSA) is 335 Å². The van der Waals surface area contributed by atoms with Crippen molar-refractivity contribution in [2.45, 2.75) is 167 Å². The second-order valence-corrected chi connectivity index (χ2v) is 25.3. The van der Waals surface area contributed by atoms with Crippen LogP contribution in [0.3, 0.4) is 0 Å². The molecule has 2 fully saturated rings. The minimum atomic E-state index is -1.73. The highest BCUT2D eigenvalue weighted by molar-refractivity contribution is 5.82. The number of rotatable bonds is 33. The van der Waals surface area contributed by atoms with Crippen LogP contribution < -0.4 is 10.6 Å². The molecule has 26 nitrogen and oxygen atoms in total. The Morgan fingerprint density at radius 1 is 0.490 bits per heavy atom.